The van der Waals surface area contributed by atoms with Gasteiger partial charge in [0.05, 0.1) is 24.8 Å². The van der Waals surface area contributed by atoms with Gasteiger partial charge in [0.15, 0.2) is 11.5 Å². The first-order valence-electron chi connectivity index (χ1n) is 13.9. The smallest absolute Gasteiger partial charge is 0.295 e. The predicted molar refractivity (Wildman–Crippen MR) is 150 cm³/mol. The number of hydrogen-bond donors (Lipinski definition) is 1. The normalized spacial score (nSPS) is 19.9. The second-order valence-corrected chi connectivity index (χ2v) is 10.4. The van der Waals surface area contributed by atoms with Crippen molar-refractivity contribution in [2.24, 2.45) is 0 Å². The summed E-state index contributed by atoms with van der Waals surface area (Å²) in [4.78, 5) is 30.4. The molecule has 0 radical (unpaired) electrons. The molecule has 0 bridgehead atoms. The first-order valence-corrected chi connectivity index (χ1v) is 13.9. The van der Waals surface area contributed by atoms with Crippen molar-refractivity contribution in [3.63, 3.8) is 0 Å². The predicted octanol–water partition coefficient (Wildman–Crippen LogP) is 4.96. The summed E-state index contributed by atoms with van der Waals surface area (Å²) in [6.07, 6.45) is 3.38. The summed E-state index contributed by atoms with van der Waals surface area (Å²) in [7, 11) is 3.94. The van der Waals surface area contributed by atoms with Gasteiger partial charge in [0.1, 0.15) is 17.6 Å². The van der Waals surface area contributed by atoms with Crippen LogP contribution in [0, 0.1) is 0 Å². The van der Waals surface area contributed by atoms with Crippen molar-refractivity contribution in [3.05, 3.63) is 58.7 Å². The number of rotatable bonds is 12. The van der Waals surface area contributed by atoms with Crippen molar-refractivity contribution in [2.75, 3.05) is 40.4 Å². The number of aliphatic hydroxyl groups excluding tert-OH is 1. The molecule has 1 amide bonds. The highest BCUT2D eigenvalue weighted by Gasteiger charge is 2.46. The number of fused-ring (bicyclic) bond motifs is 1. The van der Waals surface area contributed by atoms with Gasteiger partial charge in [-0.15, -0.1) is 0 Å². The van der Waals surface area contributed by atoms with Gasteiger partial charge in [-0.05, 0) is 88.8 Å². The highest BCUT2D eigenvalue weighted by atomic mass is 16.5. The first-order chi connectivity index (χ1) is 18.7. The molecular weight excluding hydrogens is 496 g/mol. The summed E-state index contributed by atoms with van der Waals surface area (Å²) in [5.74, 6) is 0.463. The molecule has 39 heavy (non-hydrogen) atoms. The maximum absolute atomic E-state index is 13.4. The van der Waals surface area contributed by atoms with Crippen molar-refractivity contribution in [1.29, 1.82) is 0 Å². The van der Waals surface area contributed by atoms with E-state index in [-0.39, 0.29) is 17.4 Å². The second kappa shape index (κ2) is 12.6. The van der Waals surface area contributed by atoms with E-state index in [9.17, 15) is 14.7 Å². The lowest BCUT2D eigenvalue weighted by atomic mass is 9.94. The van der Waals surface area contributed by atoms with Crippen molar-refractivity contribution in [3.8, 4) is 17.2 Å². The van der Waals surface area contributed by atoms with E-state index in [0.717, 1.165) is 37.1 Å². The number of hydrogen-bond acceptors (Lipinski definition) is 7. The number of Topliss-reactive ketones (excluding diaryl/α,β-unsaturated/α-hetero) is 1. The van der Waals surface area contributed by atoms with Crippen LogP contribution in [0.15, 0.2) is 42.0 Å². The van der Waals surface area contributed by atoms with Gasteiger partial charge < -0.3 is 29.1 Å². The van der Waals surface area contributed by atoms with Crippen molar-refractivity contribution >= 4 is 17.4 Å². The Labute approximate surface area is 231 Å². The van der Waals surface area contributed by atoms with E-state index in [0.29, 0.717) is 48.8 Å². The van der Waals surface area contributed by atoms with Gasteiger partial charge >= 0.3 is 0 Å². The molecule has 1 saturated heterocycles. The van der Waals surface area contributed by atoms with Crippen LogP contribution in [0.25, 0.3) is 5.76 Å². The molecule has 2 aromatic carbocycles. The standard InChI is InChI=1S/C31H40N2O6/c1-6-8-16-38-25-13-10-21(19-26(25)37-7-2)28-27(30(35)31(36)33(28)15-9-14-32(4)5)29(34)22-11-12-24-23(18-22)17-20(3)39-24/h10-13,18-20,28,34H,6-9,14-17H2,1-5H3. The average Bonchev–Trinajstić information content (AvgIpc) is 3.40. The number of nitrogens with zero attached hydrogens (tertiary/aromatic N) is 2. The molecule has 8 heteroatoms. The van der Waals surface area contributed by atoms with Gasteiger partial charge in [-0.2, -0.15) is 0 Å². The van der Waals surface area contributed by atoms with E-state index in [1.807, 2.05) is 63.2 Å². The van der Waals surface area contributed by atoms with Crippen LogP contribution in [-0.2, 0) is 16.0 Å². The van der Waals surface area contributed by atoms with Crippen LogP contribution in [-0.4, -0.2) is 73.1 Å². The topological polar surface area (TPSA) is 88.5 Å². The summed E-state index contributed by atoms with van der Waals surface area (Å²) in [6, 6.07) is 10.1. The number of unbranched alkanes of at least 4 members (excludes halogenated alkanes) is 1. The molecular formula is C31H40N2O6. The van der Waals surface area contributed by atoms with Crippen molar-refractivity contribution in [2.45, 2.75) is 58.6 Å². The van der Waals surface area contributed by atoms with Gasteiger partial charge in [0.25, 0.3) is 11.7 Å². The van der Waals surface area contributed by atoms with Crippen LogP contribution >= 0.6 is 0 Å². The zero-order valence-corrected chi connectivity index (χ0v) is 23.7. The van der Waals surface area contributed by atoms with Crippen LogP contribution in [0.5, 0.6) is 17.2 Å². The molecule has 2 atom stereocenters. The number of aliphatic hydroxyl groups is 1. The number of benzene rings is 2. The maximum Gasteiger partial charge on any atom is 0.295 e. The molecule has 2 aliphatic heterocycles. The third kappa shape index (κ3) is 6.22. The Morgan fingerprint density at radius 1 is 1.08 bits per heavy atom. The Morgan fingerprint density at radius 2 is 1.87 bits per heavy atom. The van der Waals surface area contributed by atoms with Gasteiger partial charge in [-0.3, -0.25) is 9.59 Å². The van der Waals surface area contributed by atoms with Crippen LogP contribution < -0.4 is 14.2 Å². The van der Waals surface area contributed by atoms with E-state index in [1.165, 1.54) is 0 Å². The minimum absolute atomic E-state index is 0.0507. The fraction of sp³-hybridized carbons (Fsp3) is 0.484. The Balaban J connectivity index is 1.78. The molecule has 1 fully saturated rings. The van der Waals surface area contributed by atoms with E-state index in [2.05, 4.69) is 6.92 Å². The zero-order valence-electron chi connectivity index (χ0n) is 23.7. The fourth-order valence-electron chi connectivity index (χ4n) is 5.15. The minimum Gasteiger partial charge on any atom is -0.507 e. The number of carbonyl (C=O) groups is 2. The van der Waals surface area contributed by atoms with Gasteiger partial charge in [0.2, 0.25) is 0 Å². The molecule has 0 saturated carbocycles. The number of likely N-dealkylation sites (tertiary alicyclic amines) is 1. The van der Waals surface area contributed by atoms with Gasteiger partial charge in [-0.25, -0.2) is 0 Å². The number of ketones is 1. The van der Waals surface area contributed by atoms with Gasteiger partial charge in [0, 0.05) is 18.5 Å². The molecule has 8 nitrogen and oxygen atoms in total. The van der Waals surface area contributed by atoms with E-state index in [4.69, 9.17) is 14.2 Å². The van der Waals surface area contributed by atoms with Crippen LogP contribution in [0.2, 0.25) is 0 Å². The lowest BCUT2D eigenvalue weighted by Gasteiger charge is -2.26. The SMILES string of the molecule is CCCCOc1ccc(C2C(=C(O)c3ccc4c(c3)CC(C)O4)C(=O)C(=O)N2CCCN(C)C)cc1OCC. The Kier molecular flexibility index (Phi) is 9.17. The maximum atomic E-state index is 13.4. The summed E-state index contributed by atoms with van der Waals surface area (Å²) in [5, 5.41) is 11.5. The Bertz CT molecular complexity index is 1240. The number of ether oxygens (including phenoxy) is 3. The third-order valence-corrected chi connectivity index (χ3v) is 7.05. The van der Waals surface area contributed by atoms with Crippen LogP contribution in [0.4, 0.5) is 0 Å². The molecule has 0 aromatic heterocycles. The minimum atomic E-state index is -0.750. The highest BCUT2D eigenvalue weighted by Crippen LogP contribution is 2.43. The molecule has 2 aromatic rings. The van der Waals surface area contributed by atoms with E-state index in [1.54, 1.807) is 11.0 Å². The number of amides is 1. The lowest BCUT2D eigenvalue weighted by molar-refractivity contribution is -0.139. The van der Waals surface area contributed by atoms with E-state index < -0.39 is 17.7 Å². The molecule has 0 aliphatic carbocycles. The monoisotopic (exact) mass is 536 g/mol. The molecule has 2 unspecified atom stereocenters. The fourth-order valence-corrected chi connectivity index (χ4v) is 5.15. The first kappa shape index (κ1) is 28.5. The average molecular weight is 537 g/mol. The Morgan fingerprint density at radius 3 is 2.59 bits per heavy atom. The van der Waals surface area contributed by atoms with Crippen molar-refractivity contribution in [1.82, 2.24) is 9.80 Å². The summed E-state index contributed by atoms with van der Waals surface area (Å²) >= 11 is 0. The molecule has 4 rings (SSSR count). The largest absolute Gasteiger partial charge is 0.507 e. The molecule has 2 aliphatic rings. The summed E-state index contributed by atoms with van der Waals surface area (Å²) < 4.78 is 17.7. The second-order valence-electron chi connectivity index (χ2n) is 10.4. The van der Waals surface area contributed by atoms with Crippen molar-refractivity contribution < 1.29 is 28.9 Å². The highest BCUT2D eigenvalue weighted by molar-refractivity contribution is 6.46. The Hall–Kier alpha value is -3.52. The van der Waals surface area contributed by atoms with Gasteiger partial charge in [-0.1, -0.05) is 19.4 Å². The van der Waals surface area contributed by atoms with Crippen LogP contribution in [0.1, 0.15) is 62.8 Å². The van der Waals surface area contributed by atoms with E-state index >= 15 is 0 Å². The molecule has 0 spiro atoms. The quantitative estimate of drug-likeness (QED) is 0.178. The van der Waals surface area contributed by atoms with Crippen LogP contribution in [0.3, 0.4) is 0 Å². The molecule has 2 heterocycles. The lowest BCUT2D eigenvalue weighted by Crippen LogP contribution is -2.32. The third-order valence-electron chi connectivity index (χ3n) is 7.05. The summed E-state index contributed by atoms with van der Waals surface area (Å²) in [5.41, 5.74) is 2.23. The molecule has 210 valence electrons. The molecule has 1 N–H and O–H groups in total. The number of carbonyl (C=O) groups excluding carboxylic acids is 2. The summed E-state index contributed by atoms with van der Waals surface area (Å²) in [6.45, 7) is 8.12. The zero-order chi connectivity index (χ0) is 28.1.